The zero-order valence-corrected chi connectivity index (χ0v) is 14.6. The van der Waals surface area contributed by atoms with Crippen molar-refractivity contribution >= 4 is 28.0 Å². The molecule has 2 aromatic heterocycles. The molecule has 0 aliphatic carbocycles. The normalized spacial score (nSPS) is 12.5. The van der Waals surface area contributed by atoms with Crippen molar-refractivity contribution in [1.82, 2.24) is 24.4 Å². The zero-order chi connectivity index (χ0) is 18.3. The first-order valence-corrected chi connectivity index (χ1v) is 8.43. The molecular formula is C19H19N5O2. The molecule has 0 fully saturated rings. The van der Waals surface area contributed by atoms with Gasteiger partial charge < -0.3 is 10.3 Å². The summed E-state index contributed by atoms with van der Waals surface area (Å²) in [5.74, 6) is 0.446. The SMILES string of the molecule is C[C@H](NC(=O)Cn1c(=O)n(C)c2ccccc21)c1nc2ccccc2[nH]1. The van der Waals surface area contributed by atoms with Gasteiger partial charge >= 0.3 is 5.69 Å². The van der Waals surface area contributed by atoms with Crippen LogP contribution in [0.4, 0.5) is 0 Å². The van der Waals surface area contributed by atoms with Gasteiger partial charge in [-0.15, -0.1) is 0 Å². The monoisotopic (exact) mass is 349 g/mol. The molecule has 7 heteroatoms. The minimum absolute atomic E-state index is 0.0369. The fourth-order valence-corrected chi connectivity index (χ4v) is 3.19. The molecule has 2 N–H and O–H groups in total. The molecule has 0 bridgehead atoms. The van der Waals surface area contributed by atoms with Gasteiger partial charge in [0.1, 0.15) is 12.4 Å². The number of amides is 1. The van der Waals surface area contributed by atoms with Crippen LogP contribution in [-0.2, 0) is 18.4 Å². The number of carbonyl (C=O) groups excluding carboxylic acids is 1. The van der Waals surface area contributed by atoms with Crippen molar-refractivity contribution in [1.29, 1.82) is 0 Å². The van der Waals surface area contributed by atoms with Gasteiger partial charge in [-0.3, -0.25) is 13.9 Å². The highest BCUT2D eigenvalue weighted by Gasteiger charge is 2.17. The third-order valence-corrected chi connectivity index (χ3v) is 4.55. The first kappa shape index (κ1) is 16.1. The van der Waals surface area contributed by atoms with E-state index in [1.54, 1.807) is 11.6 Å². The van der Waals surface area contributed by atoms with Gasteiger partial charge in [-0.25, -0.2) is 9.78 Å². The van der Waals surface area contributed by atoms with E-state index in [0.29, 0.717) is 5.82 Å². The van der Waals surface area contributed by atoms with E-state index in [1.807, 2.05) is 55.5 Å². The molecule has 1 atom stereocenters. The summed E-state index contributed by atoms with van der Waals surface area (Å²) in [5.41, 5.74) is 3.11. The van der Waals surface area contributed by atoms with Gasteiger partial charge in [-0.05, 0) is 31.2 Å². The van der Waals surface area contributed by atoms with Crippen LogP contribution < -0.4 is 11.0 Å². The molecule has 4 rings (SSSR count). The Kier molecular flexibility index (Phi) is 3.84. The maximum Gasteiger partial charge on any atom is 0.329 e. The molecule has 0 unspecified atom stereocenters. The quantitative estimate of drug-likeness (QED) is 0.592. The van der Waals surface area contributed by atoms with Crippen LogP contribution in [-0.4, -0.2) is 25.0 Å². The minimum atomic E-state index is -0.291. The van der Waals surface area contributed by atoms with Crippen LogP contribution >= 0.6 is 0 Å². The second-order valence-corrected chi connectivity index (χ2v) is 6.34. The molecule has 2 aromatic carbocycles. The summed E-state index contributed by atoms with van der Waals surface area (Å²) in [6, 6.07) is 14.8. The maximum atomic E-state index is 12.5. The second kappa shape index (κ2) is 6.18. The van der Waals surface area contributed by atoms with Gasteiger partial charge in [0.15, 0.2) is 0 Å². The summed E-state index contributed by atoms with van der Waals surface area (Å²) in [6.45, 7) is 1.83. The Hall–Kier alpha value is -3.35. The molecule has 2 heterocycles. The third kappa shape index (κ3) is 2.67. The number of para-hydroxylation sites is 4. The predicted octanol–water partition coefficient (Wildman–Crippen LogP) is 2.09. The Morgan fingerprint density at radius 1 is 1.15 bits per heavy atom. The molecule has 7 nitrogen and oxygen atoms in total. The van der Waals surface area contributed by atoms with Crippen LogP contribution in [0.2, 0.25) is 0 Å². The second-order valence-electron chi connectivity index (χ2n) is 6.34. The summed E-state index contributed by atoms with van der Waals surface area (Å²) < 4.78 is 3.03. The number of hydrogen-bond acceptors (Lipinski definition) is 3. The Labute approximate surface area is 149 Å². The average molecular weight is 349 g/mol. The van der Waals surface area contributed by atoms with Crippen molar-refractivity contribution in [2.75, 3.05) is 0 Å². The van der Waals surface area contributed by atoms with Crippen LogP contribution in [0, 0.1) is 0 Å². The molecule has 0 radical (unpaired) electrons. The Morgan fingerprint density at radius 2 is 1.85 bits per heavy atom. The largest absolute Gasteiger partial charge is 0.345 e. The van der Waals surface area contributed by atoms with Gasteiger partial charge in [0, 0.05) is 7.05 Å². The van der Waals surface area contributed by atoms with Crippen LogP contribution in [0.1, 0.15) is 18.8 Å². The first-order valence-electron chi connectivity index (χ1n) is 8.43. The molecule has 132 valence electrons. The average Bonchev–Trinajstić information content (AvgIpc) is 3.18. The van der Waals surface area contributed by atoms with Gasteiger partial charge in [-0.1, -0.05) is 24.3 Å². The van der Waals surface area contributed by atoms with E-state index in [4.69, 9.17) is 0 Å². The van der Waals surface area contributed by atoms with Crippen molar-refractivity contribution in [2.24, 2.45) is 7.05 Å². The Bertz CT molecular complexity index is 1130. The number of nitrogens with one attached hydrogen (secondary N) is 2. The summed E-state index contributed by atoms with van der Waals surface area (Å²) in [6.07, 6.45) is 0. The number of H-pyrrole nitrogens is 1. The molecule has 0 aliphatic rings. The number of aromatic amines is 1. The van der Waals surface area contributed by atoms with Crippen LogP contribution in [0.3, 0.4) is 0 Å². The highest BCUT2D eigenvalue weighted by molar-refractivity contribution is 5.81. The van der Waals surface area contributed by atoms with Gasteiger partial charge in [0.2, 0.25) is 5.91 Å². The number of aryl methyl sites for hydroxylation is 1. The first-order chi connectivity index (χ1) is 12.5. The maximum absolute atomic E-state index is 12.5. The highest BCUT2D eigenvalue weighted by atomic mass is 16.2. The number of aromatic nitrogens is 4. The topological polar surface area (TPSA) is 84.7 Å². The van der Waals surface area contributed by atoms with Crippen LogP contribution in [0.15, 0.2) is 53.3 Å². The predicted molar refractivity (Wildman–Crippen MR) is 99.8 cm³/mol. The van der Waals surface area contributed by atoms with E-state index in [-0.39, 0.29) is 24.2 Å². The van der Waals surface area contributed by atoms with Crippen molar-refractivity contribution < 1.29 is 4.79 Å². The summed E-state index contributed by atoms with van der Waals surface area (Å²) in [5, 5.41) is 2.91. The lowest BCUT2D eigenvalue weighted by atomic mass is 10.3. The number of benzene rings is 2. The van der Waals surface area contributed by atoms with E-state index in [0.717, 1.165) is 22.1 Å². The highest BCUT2D eigenvalue weighted by Crippen LogP contribution is 2.16. The zero-order valence-electron chi connectivity index (χ0n) is 14.6. The standard InChI is InChI=1S/C19H19N5O2/c1-12(18-21-13-7-3-4-8-14(13)22-18)20-17(25)11-24-16-10-6-5-9-15(16)23(2)19(24)26/h3-10,12H,11H2,1-2H3,(H,20,25)(H,21,22)/t12-/m0/s1. The van der Waals surface area contributed by atoms with Gasteiger partial charge in [0.05, 0.1) is 28.1 Å². The number of imidazole rings is 2. The summed E-state index contributed by atoms with van der Waals surface area (Å²) in [4.78, 5) is 32.6. The summed E-state index contributed by atoms with van der Waals surface area (Å²) >= 11 is 0. The molecule has 0 spiro atoms. The number of nitrogens with zero attached hydrogens (tertiary/aromatic N) is 3. The fraction of sp³-hybridized carbons (Fsp3) is 0.211. The molecule has 1 amide bonds. The molecular weight excluding hydrogens is 330 g/mol. The lowest BCUT2D eigenvalue weighted by molar-refractivity contribution is -0.122. The van der Waals surface area contributed by atoms with E-state index in [1.165, 1.54) is 4.57 Å². The molecule has 26 heavy (non-hydrogen) atoms. The number of fused-ring (bicyclic) bond motifs is 2. The lowest BCUT2D eigenvalue weighted by Gasteiger charge is -2.11. The molecule has 0 saturated heterocycles. The smallest absolute Gasteiger partial charge is 0.329 e. The molecule has 0 saturated carbocycles. The van der Waals surface area contributed by atoms with E-state index >= 15 is 0 Å². The number of hydrogen-bond donors (Lipinski definition) is 2. The van der Waals surface area contributed by atoms with Gasteiger partial charge in [-0.2, -0.15) is 0 Å². The minimum Gasteiger partial charge on any atom is -0.345 e. The fourth-order valence-electron chi connectivity index (χ4n) is 3.19. The van der Waals surface area contributed by atoms with Crippen molar-refractivity contribution in [2.45, 2.75) is 19.5 Å². The third-order valence-electron chi connectivity index (χ3n) is 4.55. The van der Waals surface area contributed by atoms with E-state index < -0.39 is 0 Å². The Morgan fingerprint density at radius 3 is 2.62 bits per heavy atom. The van der Waals surface area contributed by atoms with E-state index in [9.17, 15) is 9.59 Å². The number of carbonyl (C=O) groups is 1. The van der Waals surface area contributed by atoms with Crippen molar-refractivity contribution in [3.63, 3.8) is 0 Å². The van der Waals surface area contributed by atoms with Crippen LogP contribution in [0.25, 0.3) is 22.1 Å². The molecule has 0 aliphatic heterocycles. The van der Waals surface area contributed by atoms with E-state index in [2.05, 4.69) is 15.3 Å². The summed E-state index contributed by atoms with van der Waals surface area (Å²) in [7, 11) is 1.70. The van der Waals surface area contributed by atoms with Gasteiger partial charge in [0.25, 0.3) is 0 Å². The van der Waals surface area contributed by atoms with Crippen molar-refractivity contribution in [3.05, 3.63) is 64.8 Å². The lowest BCUT2D eigenvalue weighted by Crippen LogP contribution is -2.34. The Balaban J connectivity index is 1.56. The van der Waals surface area contributed by atoms with Crippen LogP contribution in [0.5, 0.6) is 0 Å². The molecule has 4 aromatic rings. The van der Waals surface area contributed by atoms with Crippen molar-refractivity contribution in [3.8, 4) is 0 Å². The number of rotatable bonds is 4.